The van der Waals surface area contributed by atoms with E-state index in [4.69, 9.17) is 0 Å². The van der Waals surface area contributed by atoms with Gasteiger partial charge < -0.3 is 10.6 Å². The molecule has 3 N–H and O–H groups in total. The number of aliphatic imine (C=N–C) groups is 1. The van der Waals surface area contributed by atoms with Gasteiger partial charge in [-0.2, -0.15) is 0 Å². The highest BCUT2D eigenvalue weighted by molar-refractivity contribution is 7.88. The van der Waals surface area contributed by atoms with Crippen molar-refractivity contribution in [3.05, 3.63) is 16.1 Å². The van der Waals surface area contributed by atoms with Crippen molar-refractivity contribution in [3.63, 3.8) is 0 Å². The standard InChI is InChI=1S/C12H23N5O2S2/c1-4-13-12(15-7-8-17-21(3,18)19)14-6-5-11-16-9-10(2)20-11/h9,17H,4-8H2,1-3H3,(H2,13,14,15). The summed E-state index contributed by atoms with van der Waals surface area (Å²) in [6, 6.07) is 0. The summed E-state index contributed by atoms with van der Waals surface area (Å²) in [4.78, 5) is 9.81. The molecule has 0 radical (unpaired) electrons. The molecule has 0 saturated carbocycles. The van der Waals surface area contributed by atoms with Crippen molar-refractivity contribution < 1.29 is 8.42 Å². The van der Waals surface area contributed by atoms with Crippen LogP contribution >= 0.6 is 11.3 Å². The molecular weight excluding hydrogens is 310 g/mol. The van der Waals surface area contributed by atoms with Crippen LogP contribution in [0.1, 0.15) is 16.8 Å². The van der Waals surface area contributed by atoms with Crippen LogP contribution in [0.25, 0.3) is 0 Å². The Hall–Kier alpha value is -1.19. The molecule has 0 aromatic carbocycles. The van der Waals surface area contributed by atoms with Gasteiger partial charge in [-0.05, 0) is 13.8 Å². The number of sulfonamides is 1. The van der Waals surface area contributed by atoms with Crippen molar-refractivity contribution >= 4 is 27.3 Å². The molecule has 1 aromatic rings. The molecule has 0 unspecified atom stereocenters. The topological polar surface area (TPSA) is 95.5 Å². The van der Waals surface area contributed by atoms with Gasteiger partial charge in [-0.3, -0.25) is 4.99 Å². The second-order valence-electron chi connectivity index (χ2n) is 4.47. The van der Waals surface area contributed by atoms with Gasteiger partial charge in [0.15, 0.2) is 5.96 Å². The van der Waals surface area contributed by atoms with Crippen LogP contribution in [0.3, 0.4) is 0 Å². The molecule has 0 spiro atoms. The summed E-state index contributed by atoms with van der Waals surface area (Å²) in [5.41, 5.74) is 0. The number of thiazole rings is 1. The largest absolute Gasteiger partial charge is 0.357 e. The maximum Gasteiger partial charge on any atom is 0.208 e. The molecular formula is C12H23N5O2S2. The predicted molar refractivity (Wildman–Crippen MR) is 87.4 cm³/mol. The zero-order chi connectivity index (χ0) is 15.7. The fraction of sp³-hybridized carbons (Fsp3) is 0.667. The van der Waals surface area contributed by atoms with Gasteiger partial charge in [0.05, 0.1) is 17.8 Å². The van der Waals surface area contributed by atoms with Crippen molar-refractivity contribution in [2.75, 3.05) is 32.4 Å². The Morgan fingerprint density at radius 2 is 2.14 bits per heavy atom. The molecule has 0 amide bonds. The lowest BCUT2D eigenvalue weighted by atomic mass is 10.4. The van der Waals surface area contributed by atoms with E-state index in [0.29, 0.717) is 19.0 Å². The molecule has 21 heavy (non-hydrogen) atoms. The van der Waals surface area contributed by atoms with Crippen molar-refractivity contribution in [2.24, 2.45) is 4.99 Å². The summed E-state index contributed by atoms with van der Waals surface area (Å²) in [5.74, 6) is 0.682. The minimum absolute atomic E-state index is 0.293. The van der Waals surface area contributed by atoms with Crippen LogP contribution < -0.4 is 15.4 Å². The van der Waals surface area contributed by atoms with Crippen LogP contribution in [0.4, 0.5) is 0 Å². The average Bonchev–Trinajstić information content (AvgIpc) is 2.79. The second kappa shape index (κ2) is 8.96. The van der Waals surface area contributed by atoms with Crippen LogP contribution in [-0.2, 0) is 16.4 Å². The van der Waals surface area contributed by atoms with E-state index in [2.05, 4.69) is 25.3 Å². The highest BCUT2D eigenvalue weighted by Crippen LogP contribution is 2.10. The van der Waals surface area contributed by atoms with Gasteiger partial charge in [0.1, 0.15) is 0 Å². The third-order valence-corrected chi connectivity index (χ3v) is 4.09. The molecule has 1 aromatic heterocycles. The van der Waals surface area contributed by atoms with Gasteiger partial charge in [-0.15, -0.1) is 11.3 Å². The normalized spacial score (nSPS) is 12.4. The molecule has 0 aliphatic rings. The van der Waals surface area contributed by atoms with Crippen LogP contribution in [-0.4, -0.2) is 51.8 Å². The Kier molecular flexibility index (Phi) is 7.62. The second-order valence-corrected chi connectivity index (χ2v) is 7.62. The molecule has 0 saturated heterocycles. The van der Waals surface area contributed by atoms with E-state index in [1.807, 2.05) is 20.0 Å². The van der Waals surface area contributed by atoms with E-state index in [0.717, 1.165) is 30.8 Å². The molecule has 0 aliphatic carbocycles. The van der Waals surface area contributed by atoms with E-state index in [1.54, 1.807) is 11.3 Å². The monoisotopic (exact) mass is 333 g/mol. The first kappa shape index (κ1) is 17.9. The van der Waals surface area contributed by atoms with E-state index < -0.39 is 10.0 Å². The number of nitrogens with zero attached hydrogens (tertiary/aromatic N) is 2. The van der Waals surface area contributed by atoms with Crippen molar-refractivity contribution in [1.82, 2.24) is 20.3 Å². The van der Waals surface area contributed by atoms with Gasteiger partial charge in [0, 0.05) is 37.1 Å². The number of nitrogens with one attached hydrogen (secondary N) is 3. The summed E-state index contributed by atoms with van der Waals surface area (Å²) < 4.78 is 24.3. The Morgan fingerprint density at radius 3 is 2.71 bits per heavy atom. The highest BCUT2D eigenvalue weighted by Gasteiger charge is 2.01. The van der Waals surface area contributed by atoms with Gasteiger partial charge in [0.2, 0.25) is 10.0 Å². The molecule has 0 bridgehead atoms. The van der Waals surface area contributed by atoms with Crippen LogP contribution in [0.5, 0.6) is 0 Å². The molecule has 0 atom stereocenters. The first-order valence-electron chi connectivity index (χ1n) is 6.79. The maximum absolute atomic E-state index is 10.9. The highest BCUT2D eigenvalue weighted by atomic mass is 32.2. The lowest BCUT2D eigenvalue weighted by molar-refractivity contribution is 0.588. The lowest BCUT2D eigenvalue weighted by Crippen LogP contribution is -2.39. The molecule has 0 aliphatic heterocycles. The number of hydrogen-bond acceptors (Lipinski definition) is 5. The predicted octanol–water partition coefficient (Wildman–Crippen LogP) is 0.0983. The number of guanidine groups is 1. The lowest BCUT2D eigenvalue weighted by Gasteiger charge is -2.10. The third-order valence-electron chi connectivity index (χ3n) is 2.39. The Balaban J connectivity index is 2.34. The third kappa shape index (κ3) is 8.64. The Bertz CT molecular complexity index is 554. The average molecular weight is 333 g/mol. The van der Waals surface area contributed by atoms with E-state index in [1.165, 1.54) is 4.88 Å². The van der Waals surface area contributed by atoms with Crippen molar-refractivity contribution in [2.45, 2.75) is 20.3 Å². The molecule has 1 heterocycles. The molecule has 1 rings (SSSR count). The minimum Gasteiger partial charge on any atom is -0.357 e. The minimum atomic E-state index is -3.15. The molecule has 7 nitrogen and oxygen atoms in total. The van der Waals surface area contributed by atoms with Gasteiger partial charge in [0.25, 0.3) is 0 Å². The number of aromatic nitrogens is 1. The zero-order valence-electron chi connectivity index (χ0n) is 12.6. The summed E-state index contributed by atoms with van der Waals surface area (Å²) >= 11 is 1.69. The van der Waals surface area contributed by atoms with E-state index >= 15 is 0 Å². The van der Waals surface area contributed by atoms with Gasteiger partial charge in [-0.1, -0.05) is 0 Å². The number of hydrogen-bond donors (Lipinski definition) is 3. The zero-order valence-corrected chi connectivity index (χ0v) is 14.3. The first-order chi connectivity index (χ1) is 9.90. The summed E-state index contributed by atoms with van der Waals surface area (Å²) in [6.07, 6.45) is 3.84. The molecule has 120 valence electrons. The van der Waals surface area contributed by atoms with Crippen molar-refractivity contribution in [1.29, 1.82) is 0 Å². The Labute approximate surface area is 130 Å². The fourth-order valence-electron chi connectivity index (χ4n) is 1.55. The SMILES string of the molecule is CCNC(=NCCNS(C)(=O)=O)NCCc1ncc(C)s1. The summed E-state index contributed by atoms with van der Waals surface area (Å²) in [7, 11) is -3.15. The maximum atomic E-state index is 10.9. The molecule has 0 fully saturated rings. The van der Waals surface area contributed by atoms with Crippen molar-refractivity contribution in [3.8, 4) is 0 Å². The molecule has 9 heteroatoms. The summed E-state index contributed by atoms with van der Waals surface area (Å²) in [6.45, 7) is 6.19. The van der Waals surface area contributed by atoms with Crippen LogP contribution in [0, 0.1) is 6.92 Å². The fourth-order valence-corrected chi connectivity index (χ4v) is 2.79. The van der Waals surface area contributed by atoms with Crippen LogP contribution in [0.15, 0.2) is 11.2 Å². The van der Waals surface area contributed by atoms with E-state index in [-0.39, 0.29) is 0 Å². The smallest absolute Gasteiger partial charge is 0.208 e. The van der Waals surface area contributed by atoms with E-state index in [9.17, 15) is 8.42 Å². The number of rotatable bonds is 8. The van der Waals surface area contributed by atoms with Crippen LogP contribution in [0.2, 0.25) is 0 Å². The summed E-state index contributed by atoms with van der Waals surface area (Å²) in [5, 5.41) is 7.41. The van der Waals surface area contributed by atoms with Gasteiger partial charge >= 0.3 is 0 Å². The van der Waals surface area contributed by atoms with Gasteiger partial charge in [-0.25, -0.2) is 18.1 Å². The Morgan fingerprint density at radius 1 is 1.38 bits per heavy atom. The number of aryl methyl sites for hydroxylation is 1. The quantitative estimate of drug-likeness (QED) is 0.356. The first-order valence-corrected chi connectivity index (χ1v) is 9.49.